The lowest BCUT2D eigenvalue weighted by atomic mass is 10.1. The van der Waals surface area contributed by atoms with Crippen molar-refractivity contribution in [2.75, 3.05) is 6.54 Å². The molecule has 0 spiro atoms. The monoisotopic (exact) mass is 255 g/mol. The van der Waals surface area contributed by atoms with Gasteiger partial charge in [-0.3, -0.25) is 0 Å². The highest BCUT2D eigenvalue weighted by atomic mass is 32.1. The molecule has 1 aliphatic heterocycles. The summed E-state index contributed by atoms with van der Waals surface area (Å²) in [6.45, 7) is 4.77. The van der Waals surface area contributed by atoms with Gasteiger partial charge < -0.3 is 4.74 Å². The van der Waals surface area contributed by atoms with Crippen LogP contribution in [0.25, 0.3) is 5.57 Å². The zero-order chi connectivity index (χ0) is 12.4. The van der Waals surface area contributed by atoms with Gasteiger partial charge in [0, 0.05) is 5.56 Å². The lowest BCUT2D eigenvalue weighted by molar-refractivity contribution is 0.284. The second kappa shape index (κ2) is 4.78. The molecular weight excluding hydrogens is 242 g/mol. The predicted molar refractivity (Wildman–Crippen MR) is 76.1 cm³/mol. The van der Waals surface area contributed by atoms with E-state index in [1.54, 1.807) is 11.3 Å². The van der Waals surface area contributed by atoms with E-state index in [0.717, 1.165) is 22.6 Å². The Labute approximate surface area is 110 Å². The van der Waals surface area contributed by atoms with Crippen molar-refractivity contribution in [2.24, 2.45) is 4.99 Å². The molecular formula is C15H13NOS. The number of nitrogens with zero attached hydrogens (tertiary/aromatic N) is 1. The molecule has 0 aliphatic carbocycles. The van der Waals surface area contributed by atoms with Gasteiger partial charge in [-0.05, 0) is 40.1 Å². The van der Waals surface area contributed by atoms with Crippen LogP contribution in [0.4, 0.5) is 0 Å². The lowest BCUT2D eigenvalue weighted by Crippen LogP contribution is -2.14. The molecule has 2 aromatic rings. The van der Waals surface area contributed by atoms with Crippen LogP contribution in [0.5, 0.6) is 0 Å². The first kappa shape index (κ1) is 11.2. The largest absolute Gasteiger partial charge is 0.467 e. The molecule has 0 radical (unpaired) electrons. The molecule has 1 unspecified atom stereocenters. The Morgan fingerprint density at radius 2 is 2.11 bits per heavy atom. The van der Waals surface area contributed by atoms with Crippen molar-refractivity contribution in [2.45, 2.75) is 6.10 Å². The smallest absolute Gasteiger partial charge is 0.216 e. The van der Waals surface area contributed by atoms with Gasteiger partial charge in [0.2, 0.25) is 5.90 Å². The van der Waals surface area contributed by atoms with Crippen LogP contribution in [0.3, 0.4) is 0 Å². The number of rotatable bonds is 3. The van der Waals surface area contributed by atoms with Gasteiger partial charge in [0.05, 0.1) is 6.54 Å². The maximum atomic E-state index is 5.89. The van der Waals surface area contributed by atoms with Gasteiger partial charge in [-0.2, -0.15) is 11.3 Å². The van der Waals surface area contributed by atoms with E-state index < -0.39 is 0 Å². The molecule has 3 heteroatoms. The Hall–Kier alpha value is -1.87. The van der Waals surface area contributed by atoms with E-state index in [4.69, 9.17) is 4.74 Å². The topological polar surface area (TPSA) is 21.6 Å². The molecule has 2 nitrogen and oxygen atoms in total. The molecule has 0 bridgehead atoms. The van der Waals surface area contributed by atoms with Crippen LogP contribution in [0.2, 0.25) is 0 Å². The summed E-state index contributed by atoms with van der Waals surface area (Å²) in [4.78, 5) is 4.46. The van der Waals surface area contributed by atoms with E-state index in [9.17, 15) is 0 Å². The Kier molecular flexibility index (Phi) is 2.99. The average Bonchev–Trinajstić information content (AvgIpc) is 3.10. The molecule has 90 valence electrons. The number of ether oxygens (including phenoxy) is 1. The molecule has 1 aromatic carbocycles. The van der Waals surface area contributed by atoms with Crippen LogP contribution in [-0.2, 0) is 4.74 Å². The van der Waals surface area contributed by atoms with Crippen LogP contribution < -0.4 is 0 Å². The molecule has 0 saturated carbocycles. The highest BCUT2D eigenvalue weighted by molar-refractivity contribution is 7.08. The first-order chi connectivity index (χ1) is 8.84. The van der Waals surface area contributed by atoms with Gasteiger partial charge >= 0.3 is 0 Å². The second-order valence-corrected chi connectivity index (χ2v) is 4.94. The summed E-state index contributed by atoms with van der Waals surface area (Å²) >= 11 is 1.67. The highest BCUT2D eigenvalue weighted by Gasteiger charge is 2.24. The van der Waals surface area contributed by atoms with Crippen molar-refractivity contribution < 1.29 is 4.74 Å². The van der Waals surface area contributed by atoms with Crippen LogP contribution in [-0.4, -0.2) is 18.5 Å². The van der Waals surface area contributed by atoms with Gasteiger partial charge in [0.15, 0.2) is 0 Å². The molecule has 3 rings (SSSR count). The van der Waals surface area contributed by atoms with Crippen molar-refractivity contribution in [3.63, 3.8) is 0 Å². The molecule has 0 saturated heterocycles. The first-order valence-electron chi connectivity index (χ1n) is 5.82. The normalized spacial score (nSPS) is 18.2. The lowest BCUT2D eigenvalue weighted by Gasteiger charge is -2.13. The average molecular weight is 255 g/mol. The summed E-state index contributed by atoms with van der Waals surface area (Å²) in [6, 6.07) is 12.0. The molecule has 1 aromatic heterocycles. The third-order valence-electron chi connectivity index (χ3n) is 2.96. The quantitative estimate of drug-likeness (QED) is 0.821. The van der Waals surface area contributed by atoms with Crippen LogP contribution in [0.1, 0.15) is 11.1 Å². The Bertz CT molecular complexity index is 572. The van der Waals surface area contributed by atoms with Crippen molar-refractivity contribution in [3.8, 4) is 0 Å². The SMILES string of the molecule is C=C(c1ccsc1)C1CN=C(c2ccccc2)O1. The van der Waals surface area contributed by atoms with Crippen molar-refractivity contribution in [1.29, 1.82) is 0 Å². The van der Waals surface area contributed by atoms with Gasteiger partial charge in [-0.25, -0.2) is 4.99 Å². The summed E-state index contributed by atoms with van der Waals surface area (Å²) in [5.74, 6) is 0.719. The minimum absolute atomic E-state index is 0.0326. The van der Waals surface area contributed by atoms with E-state index in [2.05, 4.69) is 28.4 Å². The maximum absolute atomic E-state index is 5.89. The van der Waals surface area contributed by atoms with Gasteiger partial charge in [0.25, 0.3) is 0 Å². The van der Waals surface area contributed by atoms with Crippen molar-refractivity contribution >= 4 is 22.8 Å². The van der Waals surface area contributed by atoms with Gasteiger partial charge in [0.1, 0.15) is 6.10 Å². The number of benzene rings is 1. The number of hydrogen-bond donors (Lipinski definition) is 0. The summed E-state index contributed by atoms with van der Waals surface area (Å²) in [5.41, 5.74) is 3.18. The Morgan fingerprint density at radius 1 is 1.28 bits per heavy atom. The molecule has 2 heterocycles. The predicted octanol–water partition coefficient (Wildman–Crippen LogP) is 3.61. The second-order valence-electron chi connectivity index (χ2n) is 4.16. The minimum Gasteiger partial charge on any atom is -0.467 e. The fourth-order valence-electron chi connectivity index (χ4n) is 1.93. The maximum Gasteiger partial charge on any atom is 0.216 e. The third-order valence-corrected chi connectivity index (χ3v) is 3.64. The molecule has 1 aliphatic rings. The molecule has 0 N–H and O–H groups in total. The standard InChI is InChI=1S/C15H13NOS/c1-11(13-7-8-18-10-13)14-9-16-15(17-14)12-5-3-2-4-6-12/h2-8,10,14H,1,9H2. The van der Waals surface area contributed by atoms with Crippen LogP contribution in [0, 0.1) is 0 Å². The van der Waals surface area contributed by atoms with E-state index in [0.29, 0.717) is 6.54 Å². The number of thiophene rings is 1. The number of aliphatic imine (C=N–C) groups is 1. The summed E-state index contributed by atoms with van der Waals surface area (Å²) in [5, 5.41) is 4.14. The fraction of sp³-hybridized carbons (Fsp3) is 0.133. The molecule has 0 fully saturated rings. The summed E-state index contributed by atoms with van der Waals surface area (Å²) in [6.07, 6.45) is -0.0326. The minimum atomic E-state index is -0.0326. The number of hydrogen-bond acceptors (Lipinski definition) is 3. The van der Waals surface area contributed by atoms with Crippen LogP contribution >= 0.6 is 11.3 Å². The molecule has 1 atom stereocenters. The zero-order valence-corrected chi connectivity index (χ0v) is 10.7. The Balaban J connectivity index is 1.73. The van der Waals surface area contributed by atoms with Crippen molar-refractivity contribution in [1.82, 2.24) is 0 Å². The van der Waals surface area contributed by atoms with E-state index >= 15 is 0 Å². The van der Waals surface area contributed by atoms with Crippen molar-refractivity contribution in [3.05, 3.63) is 64.9 Å². The van der Waals surface area contributed by atoms with Gasteiger partial charge in [-0.1, -0.05) is 24.8 Å². The highest BCUT2D eigenvalue weighted by Crippen LogP contribution is 2.25. The molecule has 18 heavy (non-hydrogen) atoms. The van der Waals surface area contributed by atoms with Crippen LogP contribution in [0.15, 0.2) is 58.7 Å². The van der Waals surface area contributed by atoms with Gasteiger partial charge in [-0.15, -0.1) is 0 Å². The first-order valence-corrected chi connectivity index (χ1v) is 6.77. The summed E-state index contributed by atoms with van der Waals surface area (Å²) in [7, 11) is 0. The molecule has 0 amide bonds. The van der Waals surface area contributed by atoms with E-state index in [1.807, 2.05) is 30.3 Å². The zero-order valence-electron chi connectivity index (χ0n) is 9.87. The van der Waals surface area contributed by atoms with E-state index in [1.165, 1.54) is 0 Å². The Morgan fingerprint density at radius 3 is 2.83 bits per heavy atom. The van der Waals surface area contributed by atoms with E-state index in [-0.39, 0.29) is 6.10 Å². The third kappa shape index (κ3) is 2.09. The fourth-order valence-corrected chi connectivity index (χ4v) is 2.61. The summed E-state index contributed by atoms with van der Waals surface area (Å²) < 4.78 is 5.89.